The first-order valence-corrected chi connectivity index (χ1v) is 7.85. The van der Waals surface area contributed by atoms with E-state index < -0.39 is 17.5 Å². The van der Waals surface area contributed by atoms with E-state index in [1.807, 2.05) is 30.3 Å². The Kier molecular flexibility index (Phi) is 5.74. The lowest BCUT2D eigenvalue weighted by Crippen LogP contribution is -2.44. The van der Waals surface area contributed by atoms with E-state index in [9.17, 15) is 9.59 Å². The van der Waals surface area contributed by atoms with Gasteiger partial charge in [0.15, 0.2) is 0 Å². The molecule has 0 bridgehead atoms. The quantitative estimate of drug-likeness (QED) is 0.752. The molecule has 1 heterocycles. The van der Waals surface area contributed by atoms with Crippen molar-refractivity contribution in [3.05, 3.63) is 53.6 Å². The average molecular weight is 314 g/mol. The molecule has 0 aromatic heterocycles. The van der Waals surface area contributed by atoms with Gasteiger partial charge in [-0.25, -0.2) is 9.59 Å². The van der Waals surface area contributed by atoms with E-state index in [1.54, 1.807) is 12.2 Å². The van der Waals surface area contributed by atoms with Gasteiger partial charge in [-0.15, -0.1) is 0 Å². The number of methoxy groups -OCH3 is 1. The summed E-state index contributed by atoms with van der Waals surface area (Å²) in [4.78, 5) is 24.2. The molecule has 0 aliphatic carbocycles. The van der Waals surface area contributed by atoms with Crippen molar-refractivity contribution in [1.82, 2.24) is 0 Å². The van der Waals surface area contributed by atoms with Crippen molar-refractivity contribution >= 4 is 18.0 Å². The fourth-order valence-corrected chi connectivity index (χ4v) is 2.61. The van der Waals surface area contributed by atoms with Crippen LogP contribution in [0.3, 0.4) is 0 Å². The Hall–Kier alpha value is -2.36. The highest BCUT2D eigenvalue weighted by atomic mass is 16.6. The molecule has 0 amide bonds. The molecule has 0 radical (unpaired) electrons. The van der Waals surface area contributed by atoms with Gasteiger partial charge in [-0.05, 0) is 24.5 Å². The molecule has 0 unspecified atom stereocenters. The first-order chi connectivity index (χ1) is 11.1. The highest BCUT2D eigenvalue weighted by molar-refractivity contribution is 5.92. The smallest absolute Gasteiger partial charge is 0.354 e. The number of rotatable bonds is 6. The number of unbranched alkanes of at least 4 members (excludes halogenated alkanes) is 1. The molecule has 1 aliphatic rings. The second-order valence-corrected chi connectivity index (χ2v) is 5.63. The third-order valence-electron chi connectivity index (χ3n) is 3.82. The topological polar surface area (TPSA) is 52.6 Å². The maximum absolute atomic E-state index is 12.3. The molecule has 23 heavy (non-hydrogen) atoms. The Balaban J connectivity index is 2.29. The van der Waals surface area contributed by atoms with Crippen molar-refractivity contribution in [2.75, 3.05) is 7.11 Å². The van der Waals surface area contributed by atoms with Crippen LogP contribution in [-0.4, -0.2) is 24.6 Å². The molecule has 1 aromatic carbocycles. The van der Waals surface area contributed by atoms with Crippen LogP contribution in [0.15, 0.2) is 48.1 Å². The van der Waals surface area contributed by atoms with Gasteiger partial charge in [0.1, 0.15) is 0 Å². The molecule has 122 valence electrons. The van der Waals surface area contributed by atoms with Gasteiger partial charge in [-0.1, -0.05) is 55.3 Å². The van der Waals surface area contributed by atoms with Crippen molar-refractivity contribution < 1.29 is 19.1 Å². The summed E-state index contributed by atoms with van der Waals surface area (Å²) in [7, 11) is 1.30. The summed E-state index contributed by atoms with van der Waals surface area (Å²) in [6.07, 6.45) is 8.03. The van der Waals surface area contributed by atoms with E-state index in [4.69, 9.17) is 9.47 Å². The monoisotopic (exact) mass is 314 g/mol. The zero-order chi connectivity index (χ0) is 16.7. The fraction of sp³-hybridized carbons (Fsp3) is 0.368. The lowest BCUT2D eigenvalue weighted by atomic mass is 9.88. The van der Waals surface area contributed by atoms with E-state index in [-0.39, 0.29) is 0 Å². The van der Waals surface area contributed by atoms with Crippen LogP contribution in [0.1, 0.15) is 38.2 Å². The summed E-state index contributed by atoms with van der Waals surface area (Å²) >= 11 is 0. The van der Waals surface area contributed by atoms with Gasteiger partial charge in [0.25, 0.3) is 0 Å². The SMILES string of the molecule is CCCCC1=CC(=O)O[C@@](/C=C/c2ccccc2)(C(=O)OC)C1. The van der Waals surface area contributed by atoms with E-state index in [0.717, 1.165) is 30.4 Å². The summed E-state index contributed by atoms with van der Waals surface area (Å²) < 4.78 is 10.3. The zero-order valence-corrected chi connectivity index (χ0v) is 13.6. The second-order valence-electron chi connectivity index (χ2n) is 5.63. The largest absolute Gasteiger partial charge is 0.466 e. The summed E-state index contributed by atoms with van der Waals surface area (Å²) in [5, 5.41) is 0. The summed E-state index contributed by atoms with van der Waals surface area (Å²) in [6, 6.07) is 9.56. The molecule has 1 aromatic rings. The van der Waals surface area contributed by atoms with E-state index in [0.29, 0.717) is 6.42 Å². The standard InChI is InChI=1S/C19H22O4/c1-3-4-8-16-13-17(20)23-19(14-16,18(21)22-2)12-11-15-9-6-5-7-10-15/h5-7,9-13H,3-4,8,14H2,1-2H3/b12-11+/t19-/m1/s1. The van der Waals surface area contributed by atoms with Gasteiger partial charge in [-0.3, -0.25) is 0 Å². The van der Waals surface area contributed by atoms with Crippen LogP contribution in [0.5, 0.6) is 0 Å². The number of cyclic esters (lactones) is 1. The molecule has 4 nitrogen and oxygen atoms in total. The highest BCUT2D eigenvalue weighted by Gasteiger charge is 2.44. The van der Waals surface area contributed by atoms with E-state index in [1.165, 1.54) is 13.2 Å². The predicted octanol–water partition coefficient (Wildman–Crippen LogP) is 3.68. The maximum atomic E-state index is 12.3. The van der Waals surface area contributed by atoms with Crippen molar-refractivity contribution in [1.29, 1.82) is 0 Å². The van der Waals surface area contributed by atoms with Gasteiger partial charge < -0.3 is 9.47 Å². The molecule has 1 atom stereocenters. The number of carbonyl (C=O) groups is 2. The Morgan fingerprint density at radius 1 is 1.35 bits per heavy atom. The second kappa shape index (κ2) is 7.77. The van der Waals surface area contributed by atoms with Gasteiger partial charge in [-0.2, -0.15) is 0 Å². The van der Waals surface area contributed by atoms with Gasteiger partial charge in [0.2, 0.25) is 5.60 Å². The maximum Gasteiger partial charge on any atom is 0.354 e. The number of ether oxygens (including phenoxy) is 2. The number of hydrogen-bond donors (Lipinski definition) is 0. The Bertz CT molecular complexity index is 616. The lowest BCUT2D eigenvalue weighted by Gasteiger charge is -2.31. The molecule has 0 fully saturated rings. The van der Waals surface area contributed by atoms with Crippen molar-refractivity contribution in [2.24, 2.45) is 0 Å². The molecular weight excluding hydrogens is 292 g/mol. The Morgan fingerprint density at radius 2 is 2.09 bits per heavy atom. The van der Waals surface area contributed by atoms with E-state index >= 15 is 0 Å². The minimum absolute atomic E-state index is 0.342. The molecule has 1 aliphatic heterocycles. The lowest BCUT2D eigenvalue weighted by molar-refractivity contribution is -0.173. The van der Waals surface area contributed by atoms with Crippen LogP contribution >= 0.6 is 0 Å². The third-order valence-corrected chi connectivity index (χ3v) is 3.82. The minimum atomic E-state index is -1.38. The number of hydrogen-bond acceptors (Lipinski definition) is 4. The van der Waals surface area contributed by atoms with Crippen molar-refractivity contribution in [3.63, 3.8) is 0 Å². The Labute approximate surface area is 136 Å². The minimum Gasteiger partial charge on any atom is -0.466 e. The number of carbonyl (C=O) groups excluding carboxylic acids is 2. The van der Waals surface area contributed by atoms with Crippen LogP contribution in [-0.2, 0) is 19.1 Å². The van der Waals surface area contributed by atoms with E-state index in [2.05, 4.69) is 6.92 Å². The van der Waals surface area contributed by atoms with Crippen molar-refractivity contribution in [2.45, 2.75) is 38.2 Å². The van der Waals surface area contributed by atoms with Crippen LogP contribution in [0.2, 0.25) is 0 Å². The number of benzene rings is 1. The molecule has 0 saturated heterocycles. The fourth-order valence-electron chi connectivity index (χ4n) is 2.61. The third kappa shape index (κ3) is 4.31. The summed E-state index contributed by atoms with van der Waals surface area (Å²) in [6.45, 7) is 2.09. The average Bonchev–Trinajstić information content (AvgIpc) is 2.58. The predicted molar refractivity (Wildman–Crippen MR) is 88.5 cm³/mol. The van der Waals surface area contributed by atoms with Crippen LogP contribution in [0.25, 0.3) is 6.08 Å². The van der Waals surface area contributed by atoms with Crippen molar-refractivity contribution in [3.8, 4) is 0 Å². The summed E-state index contributed by atoms with van der Waals surface area (Å²) in [5.74, 6) is -1.05. The molecule has 0 saturated carbocycles. The van der Waals surface area contributed by atoms with Crippen LogP contribution < -0.4 is 0 Å². The van der Waals surface area contributed by atoms with Gasteiger partial charge in [0.05, 0.1) is 7.11 Å². The normalized spacial score (nSPS) is 21.0. The van der Waals surface area contributed by atoms with Crippen LogP contribution in [0, 0.1) is 0 Å². The Morgan fingerprint density at radius 3 is 2.74 bits per heavy atom. The summed E-state index contributed by atoms with van der Waals surface area (Å²) in [5.41, 5.74) is 0.474. The first-order valence-electron chi connectivity index (χ1n) is 7.85. The molecule has 0 N–H and O–H groups in total. The first kappa shape index (κ1) is 17.0. The zero-order valence-electron chi connectivity index (χ0n) is 13.6. The highest BCUT2D eigenvalue weighted by Crippen LogP contribution is 2.32. The number of esters is 2. The van der Waals surface area contributed by atoms with Gasteiger partial charge >= 0.3 is 11.9 Å². The molecule has 0 spiro atoms. The molecular formula is C19H22O4. The molecule has 4 heteroatoms. The van der Waals surface area contributed by atoms with Crippen LogP contribution in [0.4, 0.5) is 0 Å². The molecule has 2 rings (SSSR count). The van der Waals surface area contributed by atoms with Gasteiger partial charge in [0, 0.05) is 12.5 Å².